The molecule has 0 atom stereocenters. The summed E-state index contributed by atoms with van der Waals surface area (Å²) in [6, 6.07) is 0. The van der Waals surface area contributed by atoms with Crippen molar-refractivity contribution in [3.63, 3.8) is 0 Å². The van der Waals surface area contributed by atoms with Crippen molar-refractivity contribution in [2.75, 3.05) is 6.61 Å². The van der Waals surface area contributed by atoms with Gasteiger partial charge in [-0.3, -0.25) is 0 Å². The monoisotopic (exact) mass is 154 g/mol. The fourth-order valence-electron chi connectivity index (χ4n) is 1.11. The van der Waals surface area contributed by atoms with Gasteiger partial charge >= 0.3 is 5.97 Å². The summed E-state index contributed by atoms with van der Waals surface area (Å²) in [5.74, 6) is -0.110. The maximum Gasteiger partial charge on any atom is 0.333 e. The molecule has 0 unspecified atom stereocenters. The van der Waals surface area contributed by atoms with Gasteiger partial charge in [0.15, 0.2) is 0 Å². The molecular weight excluding hydrogens is 140 g/mol. The van der Waals surface area contributed by atoms with Gasteiger partial charge in [-0.15, -0.1) is 0 Å². The Labute approximate surface area is 67.2 Å². The lowest BCUT2D eigenvalue weighted by atomic mass is 10.1. The number of allylic oxidation sites excluding steroid dienone is 1. The third kappa shape index (κ3) is 2.37. The van der Waals surface area contributed by atoms with Crippen molar-refractivity contribution in [1.29, 1.82) is 0 Å². The fraction of sp³-hybridized carbons (Fsp3) is 0.667. The number of rotatable bonds is 3. The molecule has 1 heterocycles. The minimum Gasteiger partial charge on any atom is -0.462 e. The van der Waals surface area contributed by atoms with Crippen LogP contribution in [-0.4, -0.2) is 12.6 Å². The van der Waals surface area contributed by atoms with Gasteiger partial charge in [-0.05, 0) is 6.42 Å². The maximum absolute atomic E-state index is 10.9. The van der Waals surface area contributed by atoms with Crippen LogP contribution in [0.1, 0.15) is 32.6 Å². The van der Waals surface area contributed by atoms with E-state index in [1.807, 2.05) is 6.08 Å². The highest BCUT2D eigenvalue weighted by Gasteiger charge is 2.17. The molecule has 1 fully saturated rings. The molecule has 0 bridgehead atoms. The van der Waals surface area contributed by atoms with Gasteiger partial charge in [-0.1, -0.05) is 25.8 Å². The van der Waals surface area contributed by atoms with E-state index < -0.39 is 0 Å². The van der Waals surface area contributed by atoms with Crippen LogP contribution in [0.5, 0.6) is 0 Å². The molecule has 0 aromatic carbocycles. The van der Waals surface area contributed by atoms with E-state index in [0.29, 0.717) is 6.61 Å². The van der Waals surface area contributed by atoms with E-state index in [-0.39, 0.29) is 5.97 Å². The van der Waals surface area contributed by atoms with Crippen LogP contribution in [-0.2, 0) is 9.53 Å². The standard InChI is InChI=1S/C9H14O2/c1-2-3-4-5-8-6-7-11-9(8)10/h5H,2-4,6-7H2,1H3/b8-5-. The molecule has 0 amide bonds. The lowest BCUT2D eigenvalue weighted by Crippen LogP contribution is -1.94. The molecule has 0 spiro atoms. The Kier molecular flexibility index (Phi) is 3.14. The van der Waals surface area contributed by atoms with Crippen LogP contribution in [0, 0.1) is 0 Å². The summed E-state index contributed by atoms with van der Waals surface area (Å²) in [5, 5.41) is 0. The first-order valence-electron chi connectivity index (χ1n) is 4.20. The summed E-state index contributed by atoms with van der Waals surface area (Å²) in [5.41, 5.74) is 0.874. The van der Waals surface area contributed by atoms with E-state index in [2.05, 4.69) is 6.92 Å². The minimum absolute atomic E-state index is 0.110. The number of hydrogen-bond acceptors (Lipinski definition) is 2. The van der Waals surface area contributed by atoms with Crippen molar-refractivity contribution >= 4 is 5.97 Å². The van der Waals surface area contributed by atoms with Gasteiger partial charge in [0.05, 0.1) is 6.61 Å². The highest BCUT2D eigenvalue weighted by Crippen LogP contribution is 2.14. The summed E-state index contributed by atoms with van der Waals surface area (Å²) in [6.45, 7) is 2.72. The van der Waals surface area contributed by atoms with E-state index >= 15 is 0 Å². The molecular formula is C9H14O2. The second kappa shape index (κ2) is 4.16. The molecule has 2 nitrogen and oxygen atoms in total. The van der Waals surface area contributed by atoms with E-state index in [1.165, 1.54) is 6.42 Å². The molecule has 0 radical (unpaired) electrons. The Morgan fingerprint density at radius 3 is 3.00 bits per heavy atom. The van der Waals surface area contributed by atoms with Crippen LogP contribution in [0.2, 0.25) is 0 Å². The zero-order valence-corrected chi connectivity index (χ0v) is 6.93. The average Bonchev–Trinajstić information content (AvgIpc) is 2.37. The summed E-state index contributed by atoms with van der Waals surface area (Å²) < 4.78 is 4.79. The van der Waals surface area contributed by atoms with Crippen molar-refractivity contribution in [2.24, 2.45) is 0 Å². The van der Waals surface area contributed by atoms with Crippen LogP contribution in [0.4, 0.5) is 0 Å². The second-order valence-electron chi connectivity index (χ2n) is 2.76. The SMILES string of the molecule is CCCC/C=C1/CCOC1=O. The highest BCUT2D eigenvalue weighted by atomic mass is 16.5. The van der Waals surface area contributed by atoms with Gasteiger partial charge in [0, 0.05) is 12.0 Å². The van der Waals surface area contributed by atoms with Gasteiger partial charge in [-0.2, -0.15) is 0 Å². The van der Waals surface area contributed by atoms with Crippen LogP contribution in [0.15, 0.2) is 11.6 Å². The number of ether oxygens (including phenoxy) is 1. The summed E-state index contributed by atoms with van der Waals surface area (Å²) in [4.78, 5) is 10.9. The van der Waals surface area contributed by atoms with Crippen LogP contribution < -0.4 is 0 Å². The zero-order chi connectivity index (χ0) is 8.10. The number of esters is 1. The van der Waals surface area contributed by atoms with Crippen molar-refractivity contribution in [1.82, 2.24) is 0 Å². The third-order valence-electron chi connectivity index (χ3n) is 1.82. The Morgan fingerprint density at radius 1 is 1.64 bits per heavy atom. The maximum atomic E-state index is 10.9. The predicted octanol–water partition coefficient (Wildman–Crippen LogP) is 2.05. The predicted molar refractivity (Wildman–Crippen MR) is 43.2 cm³/mol. The first-order valence-corrected chi connectivity index (χ1v) is 4.20. The lowest BCUT2D eigenvalue weighted by Gasteiger charge is -1.91. The Hall–Kier alpha value is -0.790. The van der Waals surface area contributed by atoms with Crippen LogP contribution in [0.25, 0.3) is 0 Å². The fourth-order valence-corrected chi connectivity index (χ4v) is 1.11. The molecule has 62 valence electrons. The Bertz CT molecular complexity index is 170. The number of cyclic esters (lactones) is 1. The smallest absolute Gasteiger partial charge is 0.333 e. The first-order chi connectivity index (χ1) is 5.34. The van der Waals surface area contributed by atoms with Gasteiger partial charge < -0.3 is 4.74 Å². The Morgan fingerprint density at radius 2 is 2.45 bits per heavy atom. The van der Waals surface area contributed by atoms with E-state index in [0.717, 1.165) is 24.8 Å². The number of carbonyl (C=O) groups is 1. The van der Waals surface area contributed by atoms with Crippen molar-refractivity contribution < 1.29 is 9.53 Å². The average molecular weight is 154 g/mol. The molecule has 1 rings (SSSR count). The van der Waals surface area contributed by atoms with Crippen molar-refractivity contribution in [2.45, 2.75) is 32.6 Å². The normalized spacial score (nSPS) is 20.8. The number of carbonyl (C=O) groups excluding carboxylic acids is 1. The van der Waals surface area contributed by atoms with Gasteiger partial charge in [0.2, 0.25) is 0 Å². The second-order valence-corrected chi connectivity index (χ2v) is 2.76. The van der Waals surface area contributed by atoms with Crippen LogP contribution in [0.3, 0.4) is 0 Å². The minimum atomic E-state index is -0.110. The quantitative estimate of drug-likeness (QED) is 0.353. The molecule has 1 aliphatic heterocycles. The summed E-state index contributed by atoms with van der Waals surface area (Å²) >= 11 is 0. The van der Waals surface area contributed by atoms with Gasteiger partial charge in [-0.25, -0.2) is 4.79 Å². The molecule has 0 aromatic rings. The summed E-state index contributed by atoms with van der Waals surface area (Å²) in [7, 11) is 0. The topological polar surface area (TPSA) is 26.3 Å². The van der Waals surface area contributed by atoms with Crippen molar-refractivity contribution in [3.8, 4) is 0 Å². The summed E-state index contributed by atoms with van der Waals surface area (Å²) in [6.07, 6.45) is 6.18. The zero-order valence-electron chi connectivity index (χ0n) is 6.93. The Balaban J connectivity index is 2.33. The van der Waals surface area contributed by atoms with E-state index in [4.69, 9.17) is 4.74 Å². The molecule has 1 aliphatic rings. The molecule has 0 N–H and O–H groups in total. The number of hydrogen-bond donors (Lipinski definition) is 0. The molecule has 0 saturated carbocycles. The largest absolute Gasteiger partial charge is 0.462 e. The molecule has 0 aromatic heterocycles. The molecule has 2 heteroatoms. The van der Waals surface area contributed by atoms with E-state index in [1.54, 1.807) is 0 Å². The van der Waals surface area contributed by atoms with Crippen molar-refractivity contribution in [3.05, 3.63) is 11.6 Å². The molecule has 0 aliphatic carbocycles. The van der Waals surface area contributed by atoms with Gasteiger partial charge in [0.25, 0.3) is 0 Å². The lowest BCUT2D eigenvalue weighted by molar-refractivity contribution is -0.135. The molecule has 1 saturated heterocycles. The van der Waals surface area contributed by atoms with Crippen LogP contribution >= 0.6 is 0 Å². The molecule has 11 heavy (non-hydrogen) atoms. The van der Waals surface area contributed by atoms with Gasteiger partial charge in [0.1, 0.15) is 0 Å². The third-order valence-corrected chi connectivity index (χ3v) is 1.82. The highest BCUT2D eigenvalue weighted by molar-refractivity contribution is 5.90. The van der Waals surface area contributed by atoms with E-state index in [9.17, 15) is 4.79 Å². The first kappa shape index (κ1) is 8.31. The number of unbranched alkanes of at least 4 members (excludes halogenated alkanes) is 2.